The zero-order valence-electron chi connectivity index (χ0n) is 11.5. The van der Waals surface area contributed by atoms with E-state index in [9.17, 15) is 13.9 Å². The second-order valence-electron chi connectivity index (χ2n) is 5.25. The topological polar surface area (TPSA) is 29.5 Å². The summed E-state index contributed by atoms with van der Waals surface area (Å²) in [7, 11) is 0. The van der Waals surface area contributed by atoms with Gasteiger partial charge in [0, 0.05) is 18.6 Å². The third kappa shape index (κ3) is 3.05. The highest BCUT2D eigenvalue weighted by atomic mass is 79.9. The van der Waals surface area contributed by atoms with E-state index in [2.05, 4.69) is 15.9 Å². The van der Waals surface area contributed by atoms with E-state index in [0.717, 1.165) is 25.7 Å². The number of aliphatic hydroxyl groups is 1. The first-order chi connectivity index (χ1) is 9.50. The first-order valence-electron chi connectivity index (χ1n) is 6.94. The Morgan fingerprint density at radius 3 is 2.60 bits per heavy atom. The number of rotatable bonds is 5. The lowest BCUT2D eigenvalue weighted by Crippen LogP contribution is -2.44. The van der Waals surface area contributed by atoms with Crippen molar-refractivity contribution in [2.24, 2.45) is 0 Å². The van der Waals surface area contributed by atoms with Crippen LogP contribution in [0.25, 0.3) is 0 Å². The molecule has 1 saturated carbocycles. The van der Waals surface area contributed by atoms with E-state index in [1.807, 2.05) is 6.92 Å². The van der Waals surface area contributed by atoms with Gasteiger partial charge in [-0.2, -0.15) is 0 Å². The first kappa shape index (κ1) is 15.9. The second kappa shape index (κ2) is 6.50. The largest absolute Gasteiger partial charge is 0.390 e. The Balaban J connectivity index is 2.22. The smallest absolute Gasteiger partial charge is 0.143 e. The molecular weight excluding hydrogens is 330 g/mol. The van der Waals surface area contributed by atoms with Crippen molar-refractivity contribution in [3.63, 3.8) is 0 Å². The van der Waals surface area contributed by atoms with Gasteiger partial charge in [-0.05, 0) is 47.8 Å². The van der Waals surface area contributed by atoms with Crippen LogP contribution < -0.4 is 0 Å². The molecule has 112 valence electrons. The van der Waals surface area contributed by atoms with Crippen LogP contribution in [0.4, 0.5) is 8.78 Å². The standard InChI is InChI=1S/C15H19BrF2O2/c1-2-20-15(7-3-4-8-15)13(19)9-10-12(17)6-5-11(16)14(10)18/h5-6,13,19H,2-4,7-9H2,1H3. The van der Waals surface area contributed by atoms with E-state index in [1.54, 1.807) is 0 Å². The molecule has 1 atom stereocenters. The first-order valence-corrected chi connectivity index (χ1v) is 7.74. The molecule has 0 saturated heterocycles. The summed E-state index contributed by atoms with van der Waals surface area (Å²) in [6, 6.07) is 2.53. The van der Waals surface area contributed by atoms with Crippen LogP contribution in [0.15, 0.2) is 16.6 Å². The Labute approximate surface area is 126 Å². The van der Waals surface area contributed by atoms with Gasteiger partial charge in [-0.25, -0.2) is 8.78 Å². The molecule has 1 aliphatic carbocycles. The van der Waals surface area contributed by atoms with Crippen LogP contribution in [0.5, 0.6) is 0 Å². The predicted octanol–water partition coefficient (Wildman–Crippen LogP) is 3.98. The summed E-state index contributed by atoms with van der Waals surface area (Å²) in [5.74, 6) is -1.27. The van der Waals surface area contributed by atoms with Crippen molar-refractivity contribution in [1.82, 2.24) is 0 Å². The van der Waals surface area contributed by atoms with Gasteiger partial charge in [0.25, 0.3) is 0 Å². The number of benzene rings is 1. The Kier molecular flexibility index (Phi) is 5.15. The molecule has 1 fully saturated rings. The number of halogens is 3. The summed E-state index contributed by atoms with van der Waals surface area (Å²) >= 11 is 3.04. The number of hydrogen-bond donors (Lipinski definition) is 1. The monoisotopic (exact) mass is 348 g/mol. The fourth-order valence-corrected chi connectivity index (χ4v) is 3.34. The van der Waals surface area contributed by atoms with Gasteiger partial charge >= 0.3 is 0 Å². The van der Waals surface area contributed by atoms with Gasteiger partial charge in [0.1, 0.15) is 11.6 Å². The number of ether oxygens (including phenoxy) is 1. The second-order valence-corrected chi connectivity index (χ2v) is 6.10. The maximum atomic E-state index is 14.0. The van der Waals surface area contributed by atoms with Gasteiger partial charge in [-0.1, -0.05) is 12.8 Å². The van der Waals surface area contributed by atoms with Gasteiger partial charge in [0.15, 0.2) is 0 Å². The van der Waals surface area contributed by atoms with Gasteiger partial charge in [0.05, 0.1) is 16.2 Å². The molecule has 0 bridgehead atoms. The molecule has 1 aromatic rings. The molecule has 2 nitrogen and oxygen atoms in total. The third-order valence-electron chi connectivity index (χ3n) is 4.03. The molecule has 1 unspecified atom stereocenters. The van der Waals surface area contributed by atoms with Crippen molar-refractivity contribution in [1.29, 1.82) is 0 Å². The minimum absolute atomic E-state index is 0.0723. The summed E-state index contributed by atoms with van der Waals surface area (Å²) in [4.78, 5) is 0. The Morgan fingerprint density at radius 2 is 2.00 bits per heavy atom. The van der Waals surface area contributed by atoms with Crippen LogP contribution in [0.3, 0.4) is 0 Å². The van der Waals surface area contributed by atoms with Crippen molar-refractivity contribution in [2.45, 2.75) is 50.7 Å². The molecule has 0 amide bonds. The van der Waals surface area contributed by atoms with Gasteiger partial charge in [-0.15, -0.1) is 0 Å². The van der Waals surface area contributed by atoms with Crippen LogP contribution in [0.1, 0.15) is 38.2 Å². The lowest BCUT2D eigenvalue weighted by molar-refractivity contribution is -0.116. The minimum atomic E-state index is -0.900. The normalized spacial score (nSPS) is 19.2. The lowest BCUT2D eigenvalue weighted by atomic mass is 9.89. The molecule has 5 heteroatoms. The number of hydrogen-bond acceptors (Lipinski definition) is 2. The average Bonchev–Trinajstić information content (AvgIpc) is 2.89. The SMILES string of the molecule is CCOC1(C(O)Cc2c(F)ccc(Br)c2F)CCCC1. The van der Waals surface area contributed by atoms with Crippen molar-refractivity contribution >= 4 is 15.9 Å². The summed E-state index contributed by atoms with van der Waals surface area (Å²) < 4.78 is 33.7. The fourth-order valence-electron chi connectivity index (χ4n) is 2.97. The molecule has 0 radical (unpaired) electrons. The summed E-state index contributed by atoms with van der Waals surface area (Å²) in [6.07, 6.45) is 2.44. The van der Waals surface area contributed by atoms with Crippen LogP contribution in [0, 0.1) is 11.6 Å². The summed E-state index contributed by atoms with van der Waals surface area (Å²) in [6.45, 7) is 2.35. The molecule has 0 spiro atoms. The lowest BCUT2D eigenvalue weighted by Gasteiger charge is -2.34. The highest BCUT2D eigenvalue weighted by Crippen LogP contribution is 2.38. The van der Waals surface area contributed by atoms with E-state index >= 15 is 0 Å². The van der Waals surface area contributed by atoms with E-state index in [0.29, 0.717) is 6.61 Å². The van der Waals surface area contributed by atoms with Crippen LogP contribution in [0.2, 0.25) is 0 Å². The third-order valence-corrected chi connectivity index (χ3v) is 4.64. The molecule has 1 aromatic carbocycles. The van der Waals surface area contributed by atoms with Crippen molar-refractivity contribution in [2.75, 3.05) is 6.61 Å². The Morgan fingerprint density at radius 1 is 1.35 bits per heavy atom. The molecule has 0 aliphatic heterocycles. The quantitative estimate of drug-likeness (QED) is 0.815. The predicted molar refractivity (Wildman–Crippen MR) is 76.6 cm³/mol. The highest BCUT2D eigenvalue weighted by molar-refractivity contribution is 9.10. The van der Waals surface area contributed by atoms with Gasteiger partial charge in [0.2, 0.25) is 0 Å². The average molecular weight is 349 g/mol. The molecule has 1 N–H and O–H groups in total. The zero-order chi connectivity index (χ0) is 14.8. The summed E-state index contributed by atoms with van der Waals surface area (Å²) in [5.41, 5.74) is -0.742. The highest BCUT2D eigenvalue weighted by Gasteiger charge is 2.42. The molecule has 20 heavy (non-hydrogen) atoms. The molecule has 0 heterocycles. The Bertz CT molecular complexity index is 473. The van der Waals surface area contributed by atoms with Crippen LogP contribution in [-0.4, -0.2) is 23.4 Å². The number of aliphatic hydroxyl groups excluding tert-OH is 1. The maximum Gasteiger partial charge on any atom is 0.143 e. The zero-order valence-corrected chi connectivity index (χ0v) is 13.1. The molecule has 2 rings (SSSR count). The van der Waals surface area contributed by atoms with E-state index in [1.165, 1.54) is 12.1 Å². The summed E-state index contributed by atoms with van der Waals surface area (Å²) in [5, 5.41) is 10.5. The van der Waals surface area contributed by atoms with Crippen LogP contribution >= 0.6 is 15.9 Å². The minimum Gasteiger partial charge on any atom is -0.390 e. The molecular formula is C15H19BrF2O2. The van der Waals surface area contributed by atoms with Gasteiger partial charge < -0.3 is 9.84 Å². The van der Waals surface area contributed by atoms with Gasteiger partial charge in [-0.3, -0.25) is 0 Å². The maximum absolute atomic E-state index is 14.0. The van der Waals surface area contributed by atoms with Crippen molar-refractivity contribution in [3.05, 3.63) is 33.8 Å². The van der Waals surface area contributed by atoms with E-state index < -0.39 is 23.3 Å². The van der Waals surface area contributed by atoms with E-state index in [-0.39, 0.29) is 16.5 Å². The van der Waals surface area contributed by atoms with Crippen molar-refractivity contribution in [3.8, 4) is 0 Å². The molecule has 1 aliphatic rings. The van der Waals surface area contributed by atoms with Crippen molar-refractivity contribution < 1.29 is 18.6 Å². The van der Waals surface area contributed by atoms with Crippen LogP contribution in [-0.2, 0) is 11.2 Å². The molecule has 0 aromatic heterocycles. The van der Waals surface area contributed by atoms with E-state index in [4.69, 9.17) is 4.74 Å². The fraction of sp³-hybridized carbons (Fsp3) is 0.600. The Hall–Kier alpha value is -0.520.